The Morgan fingerprint density at radius 2 is 2.00 bits per heavy atom. The predicted molar refractivity (Wildman–Crippen MR) is 96.9 cm³/mol. The molecular weight excluding hydrogens is 312 g/mol. The average molecular weight is 342 g/mol. The van der Waals surface area contributed by atoms with Crippen LogP contribution in [0.25, 0.3) is 0 Å². The van der Waals surface area contributed by atoms with Crippen molar-refractivity contribution in [2.45, 2.75) is 71.8 Å². The molecule has 4 rings (SSSR count). The summed E-state index contributed by atoms with van der Waals surface area (Å²) in [5, 5.41) is 11.4. The Balaban J connectivity index is 1.79. The molecule has 0 heterocycles. The van der Waals surface area contributed by atoms with E-state index in [1.807, 2.05) is 13.0 Å². The Bertz CT molecular complexity index is 717. The monoisotopic (exact) mass is 342 g/mol. The maximum Gasteiger partial charge on any atom is 0.162 e. The molecule has 0 aromatic carbocycles. The molecule has 136 valence electrons. The van der Waals surface area contributed by atoms with Crippen LogP contribution in [-0.4, -0.2) is 22.3 Å². The van der Waals surface area contributed by atoms with Crippen LogP contribution in [-0.2, 0) is 9.59 Å². The number of hydrogen-bond acceptors (Lipinski definition) is 3. The van der Waals surface area contributed by atoms with Crippen molar-refractivity contribution in [1.82, 2.24) is 0 Å². The van der Waals surface area contributed by atoms with Crippen LogP contribution in [0.3, 0.4) is 0 Å². The number of ketones is 2. The van der Waals surface area contributed by atoms with Crippen molar-refractivity contribution in [3.05, 3.63) is 23.3 Å². The minimum absolute atomic E-state index is 0.00503. The number of carbonyl (C=O) groups is 2. The van der Waals surface area contributed by atoms with Gasteiger partial charge in [-0.15, -0.1) is 0 Å². The van der Waals surface area contributed by atoms with Gasteiger partial charge in [-0.3, -0.25) is 9.59 Å². The van der Waals surface area contributed by atoms with E-state index < -0.39 is 5.60 Å². The van der Waals surface area contributed by atoms with Gasteiger partial charge in [-0.2, -0.15) is 0 Å². The van der Waals surface area contributed by atoms with Crippen molar-refractivity contribution >= 4 is 11.6 Å². The van der Waals surface area contributed by atoms with E-state index in [1.54, 1.807) is 6.92 Å². The maximum absolute atomic E-state index is 12.4. The van der Waals surface area contributed by atoms with Crippen molar-refractivity contribution in [3.8, 4) is 0 Å². The molecule has 4 aliphatic rings. The summed E-state index contributed by atoms with van der Waals surface area (Å²) in [5.41, 5.74) is 1.23. The fraction of sp³-hybridized carbons (Fsp3) is 0.727. The molecule has 0 radical (unpaired) electrons. The molecule has 3 nitrogen and oxygen atoms in total. The summed E-state index contributed by atoms with van der Waals surface area (Å²) in [6.45, 7) is 8.04. The van der Waals surface area contributed by atoms with Gasteiger partial charge in [-0.05, 0) is 62.9 Å². The van der Waals surface area contributed by atoms with E-state index in [0.717, 1.165) is 32.1 Å². The van der Waals surface area contributed by atoms with E-state index in [4.69, 9.17) is 0 Å². The summed E-state index contributed by atoms with van der Waals surface area (Å²) >= 11 is 0. The van der Waals surface area contributed by atoms with Crippen LogP contribution < -0.4 is 0 Å². The quantitative estimate of drug-likeness (QED) is 0.733. The van der Waals surface area contributed by atoms with E-state index in [1.165, 1.54) is 11.1 Å². The van der Waals surface area contributed by atoms with Gasteiger partial charge in [0.15, 0.2) is 11.6 Å². The van der Waals surface area contributed by atoms with Gasteiger partial charge in [-0.1, -0.05) is 38.0 Å². The van der Waals surface area contributed by atoms with E-state index in [0.29, 0.717) is 18.3 Å². The largest absolute Gasteiger partial charge is 0.381 e. The zero-order valence-corrected chi connectivity index (χ0v) is 15.9. The summed E-state index contributed by atoms with van der Waals surface area (Å²) in [6, 6.07) is 0. The molecule has 0 amide bonds. The van der Waals surface area contributed by atoms with Gasteiger partial charge in [0.2, 0.25) is 0 Å². The Morgan fingerprint density at radius 1 is 1.28 bits per heavy atom. The SMILES string of the molecule is CC(=O)[C@@]1(O)[C@@H](C)CC2C3CCC4=CC(=O)CC[C@]4(C)C3=CC[C@@]21C. The number of hydrogen-bond donors (Lipinski definition) is 1. The Labute approximate surface area is 150 Å². The highest BCUT2D eigenvalue weighted by Crippen LogP contribution is 2.66. The summed E-state index contributed by atoms with van der Waals surface area (Å²) in [6.07, 6.45) is 9.48. The Kier molecular flexibility index (Phi) is 3.55. The second-order valence-corrected chi connectivity index (χ2v) is 9.46. The first-order valence-corrected chi connectivity index (χ1v) is 9.82. The summed E-state index contributed by atoms with van der Waals surface area (Å²) in [5.74, 6) is 0.989. The lowest BCUT2D eigenvalue weighted by Gasteiger charge is -2.54. The average Bonchev–Trinajstić information content (AvgIpc) is 2.77. The highest BCUT2D eigenvalue weighted by Gasteiger charge is 2.66. The predicted octanol–water partition coefficient (Wildman–Crippen LogP) is 4.00. The normalized spacial score (nSPS) is 48.8. The van der Waals surface area contributed by atoms with Gasteiger partial charge in [0.25, 0.3) is 0 Å². The minimum Gasteiger partial charge on any atom is -0.381 e. The van der Waals surface area contributed by atoms with Crippen molar-refractivity contribution in [2.24, 2.45) is 28.6 Å². The lowest BCUT2D eigenvalue weighted by molar-refractivity contribution is -0.156. The third-order valence-corrected chi connectivity index (χ3v) is 8.45. The molecule has 1 N–H and O–H groups in total. The molecule has 2 unspecified atom stereocenters. The molecule has 0 aromatic heterocycles. The van der Waals surface area contributed by atoms with Gasteiger partial charge in [0, 0.05) is 17.3 Å². The highest BCUT2D eigenvalue weighted by atomic mass is 16.3. The first kappa shape index (κ1) is 17.2. The fourth-order valence-corrected chi connectivity index (χ4v) is 6.95. The van der Waals surface area contributed by atoms with Gasteiger partial charge in [-0.25, -0.2) is 0 Å². The highest BCUT2D eigenvalue weighted by molar-refractivity contribution is 5.92. The zero-order chi connectivity index (χ0) is 18.2. The van der Waals surface area contributed by atoms with E-state index >= 15 is 0 Å². The van der Waals surface area contributed by atoms with Gasteiger partial charge >= 0.3 is 0 Å². The van der Waals surface area contributed by atoms with Gasteiger partial charge < -0.3 is 5.11 Å². The Morgan fingerprint density at radius 3 is 2.68 bits per heavy atom. The van der Waals surface area contributed by atoms with Crippen molar-refractivity contribution < 1.29 is 14.7 Å². The summed E-state index contributed by atoms with van der Waals surface area (Å²) in [4.78, 5) is 24.3. The molecule has 2 fully saturated rings. The van der Waals surface area contributed by atoms with E-state index in [2.05, 4.69) is 19.9 Å². The summed E-state index contributed by atoms with van der Waals surface area (Å²) < 4.78 is 0. The van der Waals surface area contributed by atoms with Crippen molar-refractivity contribution in [2.75, 3.05) is 0 Å². The van der Waals surface area contributed by atoms with Crippen LogP contribution in [0, 0.1) is 28.6 Å². The van der Waals surface area contributed by atoms with Crippen LogP contribution in [0.15, 0.2) is 23.3 Å². The number of fused-ring (bicyclic) bond motifs is 5. The molecule has 25 heavy (non-hydrogen) atoms. The third-order valence-electron chi connectivity index (χ3n) is 8.45. The second kappa shape index (κ2) is 5.16. The molecular formula is C22H30O3. The van der Waals surface area contributed by atoms with Gasteiger partial charge in [0.05, 0.1) is 0 Å². The smallest absolute Gasteiger partial charge is 0.162 e. The first-order valence-electron chi connectivity index (χ1n) is 9.82. The number of rotatable bonds is 1. The Hall–Kier alpha value is -1.22. The van der Waals surface area contributed by atoms with Crippen molar-refractivity contribution in [1.29, 1.82) is 0 Å². The lowest BCUT2D eigenvalue weighted by atomic mass is 9.50. The molecule has 3 heteroatoms. The fourth-order valence-electron chi connectivity index (χ4n) is 6.95. The second-order valence-electron chi connectivity index (χ2n) is 9.46. The molecule has 2 saturated carbocycles. The number of carbonyl (C=O) groups excluding carboxylic acids is 2. The minimum atomic E-state index is -1.21. The van der Waals surface area contributed by atoms with Crippen molar-refractivity contribution in [3.63, 3.8) is 0 Å². The van der Waals surface area contributed by atoms with Gasteiger partial charge in [0.1, 0.15) is 5.60 Å². The van der Waals surface area contributed by atoms with E-state index in [9.17, 15) is 14.7 Å². The molecule has 6 atom stereocenters. The molecule has 0 saturated heterocycles. The topological polar surface area (TPSA) is 54.4 Å². The zero-order valence-electron chi connectivity index (χ0n) is 15.9. The van der Waals surface area contributed by atoms with E-state index in [-0.39, 0.29) is 28.3 Å². The molecule has 0 spiro atoms. The maximum atomic E-state index is 12.4. The van der Waals surface area contributed by atoms with Crippen LogP contribution in [0.1, 0.15) is 66.2 Å². The summed E-state index contributed by atoms with van der Waals surface area (Å²) in [7, 11) is 0. The molecule has 0 aromatic rings. The molecule has 0 aliphatic heterocycles. The number of allylic oxidation sites excluding steroid dienone is 4. The standard InChI is InChI=1S/C22H30O3/c1-13-11-19-17-6-5-15-12-16(24)7-9-20(15,3)18(17)8-10-21(19,4)22(13,25)14(2)23/h8,12-13,17,19,25H,5-7,9-11H2,1-4H3/t13-,17?,19?,20-,21-,22-/m0/s1. The molecule has 0 bridgehead atoms. The first-order chi connectivity index (χ1) is 11.6. The van der Waals surface area contributed by atoms with Crippen LogP contribution in [0.5, 0.6) is 0 Å². The molecule has 4 aliphatic carbocycles. The van der Waals surface area contributed by atoms with Crippen LogP contribution >= 0.6 is 0 Å². The number of aliphatic hydroxyl groups is 1. The lowest BCUT2D eigenvalue weighted by Crippen LogP contribution is -2.56. The number of Topliss-reactive ketones (excluding diaryl/α,β-unsaturated/α-hetero) is 1. The van der Waals surface area contributed by atoms with Crippen LogP contribution in [0.2, 0.25) is 0 Å². The van der Waals surface area contributed by atoms with Crippen LogP contribution in [0.4, 0.5) is 0 Å². The third kappa shape index (κ3) is 1.96.